The summed E-state index contributed by atoms with van der Waals surface area (Å²) in [5.41, 5.74) is 0. The Morgan fingerprint density at radius 1 is 0.778 bits per heavy atom. The van der Waals surface area contributed by atoms with Gasteiger partial charge in [0.2, 0.25) is 0 Å². The van der Waals surface area contributed by atoms with E-state index in [1.807, 2.05) is 0 Å². The molecular formula is C14H22O4. The third-order valence-corrected chi connectivity index (χ3v) is 2.64. The molecule has 0 unspecified atom stereocenters. The SMILES string of the molecule is O=C(O)C#CCCCCCCCCCCC(=O)O. The summed E-state index contributed by atoms with van der Waals surface area (Å²) in [6.07, 6.45) is 9.33. The molecule has 0 saturated carbocycles. The van der Waals surface area contributed by atoms with E-state index in [4.69, 9.17) is 10.2 Å². The fraction of sp³-hybridized carbons (Fsp3) is 0.714. The van der Waals surface area contributed by atoms with E-state index in [9.17, 15) is 9.59 Å². The molecule has 0 bridgehead atoms. The topological polar surface area (TPSA) is 74.6 Å². The Bertz CT molecular complexity index is 299. The van der Waals surface area contributed by atoms with Gasteiger partial charge < -0.3 is 10.2 Å². The van der Waals surface area contributed by atoms with E-state index < -0.39 is 11.9 Å². The van der Waals surface area contributed by atoms with E-state index >= 15 is 0 Å². The molecule has 0 spiro atoms. The van der Waals surface area contributed by atoms with Gasteiger partial charge in [-0.05, 0) is 12.8 Å². The number of unbranched alkanes of at least 4 members (excludes halogenated alkanes) is 8. The Morgan fingerprint density at radius 3 is 1.78 bits per heavy atom. The first-order valence-electron chi connectivity index (χ1n) is 6.56. The van der Waals surface area contributed by atoms with Crippen molar-refractivity contribution >= 4 is 11.9 Å². The number of aliphatic carboxylic acids is 2. The third kappa shape index (κ3) is 14.5. The van der Waals surface area contributed by atoms with Gasteiger partial charge in [0.25, 0.3) is 0 Å². The van der Waals surface area contributed by atoms with E-state index in [1.165, 1.54) is 6.42 Å². The lowest BCUT2D eigenvalue weighted by atomic mass is 10.1. The molecule has 4 heteroatoms. The van der Waals surface area contributed by atoms with Crippen LogP contribution in [0, 0.1) is 11.8 Å². The zero-order valence-electron chi connectivity index (χ0n) is 10.8. The number of carboxylic acid groups (broad SMARTS) is 2. The highest BCUT2D eigenvalue weighted by Gasteiger charge is 1.96. The zero-order chi connectivity index (χ0) is 13.6. The lowest BCUT2D eigenvalue weighted by Gasteiger charge is -2.00. The van der Waals surface area contributed by atoms with Gasteiger partial charge in [-0.2, -0.15) is 0 Å². The van der Waals surface area contributed by atoms with Crippen LogP contribution in [0.1, 0.15) is 64.2 Å². The molecule has 0 aliphatic heterocycles. The molecule has 0 atom stereocenters. The Balaban J connectivity index is 3.10. The van der Waals surface area contributed by atoms with E-state index in [-0.39, 0.29) is 6.42 Å². The minimum Gasteiger partial charge on any atom is -0.481 e. The summed E-state index contributed by atoms with van der Waals surface area (Å²) in [4.78, 5) is 20.3. The summed E-state index contributed by atoms with van der Waals surface area (Å²) >= 11 is 0. The zero-order valence-corrected chi connectivity index (χ0v) is 10.8. The Kier molecular flexibility index (Phi) is 11.0. The van der Waals surface area contributed by atoms with Crippen molar-refractivity contribution in [1.29, 1.82) is 0 Å². The fourth-order valence-electron chi connectivity index (χ4n) is 1.69. The second-order valence-electron chi connectivity index (χ2n) is 4.33. The van der Waals surface area contributed by atoms with Crippen molar-refractivity contribution in [2.45, 2.75) is 64.2 Å². The molecule has 2 N–H and O–H groups in total. The number of carboxylic acids is 2. The number of rotatable bonds is 10. The smallest absolute Gasteiger partial charge is 0.381 e. The lowest BCUT2D eigenvalue weighted by Crippen LogP contribution is -1.93. The monoisotopic (exact) mass is 254 g/mol. The highest BCUT2D eigenvalue weighted by Crippen LogP contribution is 2.10. The van der Waals surface area contributed by atoms with Gasteiger partial charge in [0.1, 0.15) is 0 Å². The van der Waals surface area contributed by atoms with E-state index in [1.54, 1.807) is 0 Å². The Hall–Kier alpha value is -1.50. The predicted molar refractivity (Wildman–Crippen MR) is 69.2 cm³/mol. The summed E-state index contributed by atoms with van der Waals surface area (Å²) in [5, 5.41) is 16.7. The van der Waals surface area contributed by atoms with Crippen LogP contribution in [0.4, 0.5) is 0 Å². The molecule has 4 nitrogen and oxygen atoms in total. The highest BCUT2D eigenvalue weighted by molar-refractivity contribution is 5.86. The van der Waals surface area contributed by atoms with Crippen LogP contribution in [0.3, 0.4) is 0 Å². The average molecular weight is 254 g/mol. The Labute approximate surface area is 108 Å². The highest BCUT2D eigenvalue weighted by atomic mass is 16.4. The van der Waals surface area contributed by atoms with Gasteiger partial charge in [0.15, 0.2) is 0 Å². The minimum atomic E-state index is -1.06. The van der Waals surface area contributed by atoms with Gasteiger partial charge in [-0.1, -0.05) is 44.4 Å². The van der Waals surface area contributed by atoms with E-state index in [0.29, 0.717) is 6.42 Å². The van der Waals surface area contributed by atoms with E-state index in [2.05, 4.69) is 11.8 Å². The molecule has 0 fully saturated rings. The molecule has 0 aliphatic rings. The largest absolute Gasteiger partial charge is 0.481 e. The van der Waals surface area contributed by atoms with Crippen LogP contribution < -0.4 is 0 Å². The number of hydrogen-bond donors (Lipinski definition) is 2. The van der Waals surface area contributed by atoms with Crippen LogP contribution in [0.2, 0.25) is 0 Å². The molecule has 0 radical (unpaired) electrons. The first kappa shape index (κ1) is 16.5. The number of carbonyl (C=O) groups is 2. The molecule has 0 rings (SSSR count). The van der Waals surface area contributed by atoms with E-state index in [0.717, 1.165) is 44.9 Å². The van der Waals surface area contributed by atoms with Crippen molar-refractivity contribution < 1.29 is 19.8 Å². The molecule has 0 aromatic rings. The van der Waals surface area contributed by atoms with Gasteiger partial charge in [0, 0.05) is 18.8 Å². The van der Waals surface area contributed by atoms with Crippen molar-refractivity contribution in [2.75, 3.05) is 0 Å². The molecule has 0 amide bonds. The molecule has 18 heavy (non-hydrogen) atoms. The van der Waals surface area contributed by atoms with Gasteiger partial charge in [-0.3, -0.25) is 4.79 Å². The summed E-state index contributed by atoms with van der Waals surface area (Å²) in [5.74, 6) is 2.94. The molecule has 0 aliphatic carbocycles. The lowest BCUT2D eigenvalue weighted by molar-refractivity contribution is -0.137. The molecule has 0 aromatic carbocycles. The van der Waals surface area contributed by atoms with Gasteiger partial charge in [-0.25, -0.2) is 4.79 Å². The average Bonchev–Trinajstić information content (AvgIpc) is 2.29. The maximum absolute atomic E-state index is 10.3. The fourth-order valence-corrected chi connectivity index (χ4v) is 1.69. The summed E-state index contributed by atoms with van der Waals surface area (Å²) in [6.45, 7) is 0. The standard InChI is InChI=1S/C14H22O4/c15-13(16)11-9-7-5-3-1-2-4-6-8-10-12-14(17)18/h1-9,11H2,(H,15,16)(H,17,18). The first-order chi connectivity index (χ1) is 8.63. The second kappa shape index (κ2) is 12.0. The van der Waals surface area contributed by atoms with Crippen molar-refractivity contribution in [3.05, 3.63) is 0 Å². The van der Waals surface area contributed by atoms with Crippen LogP contribution in [0.5, 0.6) is 0 Å². The first-order valence-corrected chi connectivity index (χ1v) is 6.56. The van der Waals surface area contributed by atoms with Crippen molar-refractivity contribution in [3.8, 4) is 11.8 Å². The van der Waals surface area contributed by atoms with Gasteiger partial charge in [-0.15, -0.1) is 0 Å². The molecule has 0 saturated heterocycles. The van der Waals surface area contributed by atoms with Gasteiger partial charge >= 0.3 is 11.9 Å². The minimum absolute atomic E-state index is 0.280. The van der Waals surface area contributed by atoms with Crippen molar-refractivity contribution in [3.63, 3.8) is 0 Å². The Morgan fingerprint density at radius 2 is 1.28 bits per heavy atom. The molecular weight excluding hydrogens is 232 g/mol. The second-order valence-corrected chi connectivity index (χ2v) is 4.33. The maximum Gasteiger partial charge on any atom is 0.381 e. The molecule has 102 valence electrons. The van der Waals surface area contributed by atoms with Crippen LogP contribution in [-0.4, -0.2) is 22.2 Å². The third-order valence-electron chi connectivity index (χ3n) is 2.64. The molecule has 0 heterocycles. The molecule has 0 aromatic heterocycles. The van der Waals surface area contributed by atoms with Crippen LogP contribution in [0.15, 0.2) is 0 Å². The summed E-state index contributed by atoms with van der Waals surface area (Å²) in [6, 6.07) is 0. The van der Waals surface area contributed by atoms with Crippen molar-refractivity contribution in [2.24, 2.45) is 0 Å². The summed E-state index contributed by atoms with van der Waals surface area (Å²) in [7, 11) is 0. The van der Waals surface area contributed by atoms with Crippen LogP contribution in [0.25, 0.3) is 0 Å². The van der Waals surface area contributed by atoms with Crippen molar-refractivity contribution in [1.82, 2.24) is 0 Å². The van der Waals surface area contributed by atoms with Crippen LogP contribution >= 0.6 is 0 Å². The normalized spacial score (nSPS) is 9.56. The van der Waals surface area contributed by atoms with Crippen LogP contribution in [-0.2, 0) is 9.59 Å². The maximum atomic E-state index is 10.3. The van der Waals surface area contributed by atoms with Gasteiger partial charge in [0.05, 0.1) is 0 Å². The quantitative estimate of drug-likeness (QED) is 0.464. The summed E-state index contributed by atoms with van der Waals surface area (Å²) < 4.78 is 0. The number of hydrogen-bond acceptors (Lipinski definition) is 2. The predicted octanol–water partition coefficient (Wildman–Crippen LogP) is 3.06.